The van der Waals surface area contributed by atoms with E-state index in [0.717, 1.165) is 11.4 Å². The molecule has 284 valence electrons. The first-order valence-corrected chi connectivity index (χ1v) is 21.0. The lowest BCUT2D eigenvalue weighted by Crippen LogP contribution is -1.96. The molecule has 0 aliphatic carbocycles. The largest absolute Gasteiger partial charge is 0.309 e. The topological polar surface area (TPSA) is 14.8 Å². The molecule has 0 aliphatic heterocycles. The summed E-state index contributed by atoms with van der Waals surface area (Å²) in [6.45, 7) is 0. The number of hydrogen-bond acceptors (Lipinski definition) is 0. The van der Waals surface area contributed by atoms with E-state index in [-0.39, 0.29) is 0 Å². The van der Waals surface area contributed by atoms with Crippen molar-refractivity contribution in [3.63, 3.8) is 0 Å². The molecule has 13 aromatic rings. The Morgan fingerprint density at radius 1 is 0.197 bits per heavy atom. The Morgan fingerprint density at radius 2 is 0.656 bits per heavy atom. The minimum Gasteiger partial charge on any atom is -0.309 e. The third-order valence-electron chi connectivity index (χ3n) is 12.8. The van der Waals surface area contributed by atoms with Crippen LogP contribution >= 0.6 is 0 Å². The highest BCUT2D eigenvalue weighted by Gasteiger charge is 2.20. The number of hydrogen-bond donors (Lipinski definition) is 0. The van der Waals surface area contributed by atoms with Gasteiger partial charge in [0.2, 0.25) is 0 Å². The molecule has 10 aromatic carbocycles. The summed E-state index contributed by atoms with van der Waals surface area (Å²) < 4.78 is 7.30. The van der Waals surface area contributed by atoms with E-state index in [1.54, 1.807) is 0 Å². The molecule has 0 radical (unpaired) electrons. The van der Waals surface area contributed by atoms with Gasteiger partial charge >= 0.3 is 0 Å². The van der Waals surface area contributed by atoms with Gasteiger partial charge in [0.05, 0.1) is 33.1 Å². The van der Waals surface area contributed by atoms with Crippen molar-refractivity contribution in [1.82, 2.24) is 13.7 Å². The van der Waals surface area contributed by atoms with Gasteiger partial charge < -0.3 is 13.7 Å². The van der Waals surface area contributed by atoms with Crippen LogP contribution in [0.2, 0.25) is 0 Å². The molecule has 61 heavy (non-hydrogen) atoms. The second kappa shape index (κ2) is 13.2. The Morgan fingerprint density at radius 3 is 1.34 bits per heavy atom. The first-order valence-electron chi connectivity index (χ1n) is 21.0. The summed E-state index contributed by atoms with van der Waals surface area (Å²) in [5, 5.41) is 9.93. The smallest absolute Gasteiger partial charge is 0.0562 e. The summed E-state index contributed by atoms with van der Waals surface area (Å²) in [5.74, 6) is 0. The van der Waals surface area contributed by atoms with Gasteiger partial charge in [-0.1, -0.05) is 140 Å². The maximum atomic E-state index is 2.47. The molecule has 3 aromatic heterocycles. The molecule has 3 heterocycles. The lowest BCUT2D eigenvalue weighted by molar-refractivity contribution is 1.17. The van der Waals surface area contributed by atoms with E-state index in [2.05, 4.69) is 238 Å². The number of rotatable bonds is 5. The van der Waals surface area contributed by atoms with Crippen LogP contribution in [0.1, 0.15) is 0 Å². The van der Waals surface area contributed by atoms with Gasteiger partial charge in [0.1, 0.15) is 0 Å². The second-order valence-corrected chi connectivity index (χ2v) is 16.2. The van der Waals surface area contributed by atoms with Crippen molar-refractivity contribution in [2.24, 2.45) is 0 Å². The van der Waals surface area contributed by atoms with Crippen LogP contribution in [0.25, 0.3) is 116 Å². The third-order valence-corrected chi connectivity index (χ3v) is 12.8. The lowest BCUT2D eigenvalue weighted by Gasteiger charge is -2.12. The Labute approximate surface area is 352 Å². The van der Waals surface area contributed by atoms with E-state index in [1.807, 2.05) is 0 Å². The van der Waals surface area contributed by atoms with Gasteiger partial charge in [-0.05, 0) is 118 Å². The predicted molar refractivity (Wildman–Crippen MR) is 258 cm³/mol. The number of nitrogens with zero attached hydrogens (tertiary/aromatic N) is 3. The number of para-hydroxylation sites is 3. The summed E-state index contributed by atoms with van der Waals surface area (Å²) in [6.07, 6.45) is 0. The lowest BCUT2D eigenvalue weighted by atomic mass is 10.00. The van der Waals surface area contributed by atoms with Crippen LogP contribution in [0.4, 0.5) is 0 Å². The average molecular weight is 776 g/mol. The van der Waals surface area contributed by atoms with Crippen molar-refractivity contribution < 1.29 is 0 Å². The molecule has 0 saturated heterocycles. The fourth-order valence-corrected chi connectivity index (χ4v) is 10.00. The van der Waals surface area contributed by atoms with Crippen LogP contribution < -0.4 is 0 Å². The maximum absolute atomic E-state index is 2.47. The molecule has 0 amide bonds. The van der Waals surface area contributed by atoms with E-state index in [0.29, 0.717) is 0 Å². The monoisotopic (exact) mass is 775 g/mol. The summed E-state index contributed by atoms with van der Waals surface area (Å²) >= 11 is 0. The van der Waals surface area contributed by atoms with Crippen LogP contribution in [-0.4, -0.2) is 13.7 Å². The van der Waals surface area contributed by atoms with Gasteiger partial charge in [-0.2, -0.15) is 0 Å². The van der Waals surface area contributed by atoms with E-state index >= 15 is 0 Å². The fourth-order valence-electron chi connectivity index (χ4n) is 10.00. The quantitative estimate of drug-likeness (QED) is 0.165. The zero-order chi connectivity index (χ0) is 40.0. The van der Waals surface area contributed by atoms with Gasteiger partial charge in [-0.25, -0.2) is 0 Å². The Hall–Kier alpha value is -8.14. The van der Waals surface area contributed by atoms with Crippen molar-refractivity contribution in [2.75, 3.05) is 0 Å². The third kappa shape index (κ3) is 5.17. The highest BCUT2D eigenvalue weighted by Crippen LogP contribution is 2.42. The molecule has 0 aliphatic rings. The van der Waals surface area contributed by atoms with Crippen LogP contribution in [-0.2, 0) is 0 Å². The minimum atomic E-state index is 1.14. The van der Waals surface area contributed by atoms with Crippen molar-refractivity contribution in [2.45, 2.75) is 0 Å². The van der Waals surface area contributed by atoms with Crippen LogP contribution in [0.5, 0.6) is 0 Å². The fraction of sp³-hybridized carbons (Fsp3) is 0. The normalized spacial score (nSPS) is 11.9. The van der Waals surface area contributed by atoms with Crippen molar-refractivity contribution >= 4 is 76.2 Å². The van der Waals surface area contributed by atoms with Crippen molar-refractivity contribution in [3.05, 3.63) is 224 Å². The molecule has 3 nitrogen and oxygen atoms in total. The van der Waals surface area contributed by atoms with Crippen LogP contribution in [0, 0.1) is 0 Å². The van der Waals surface area contributed by atoms with E-state index in [9.17, 15) is 0 Å². The van der Waals surface area contributed by atoms with E-state index in [4.69, 9.17) is 0 Å². The number of benzene rings is 10. The number of fused-ring (bicyclic) bond motifs is 10. The zero-order valence-corrected chi connectivity index (χ0v) is 33.2. The molecule has 0 unspecified atom stereocenters. The van der Waals surface area contributed by atoms with E-state index < -0.39 is 0 Å². The molecule has 0 N–H and O–H groups in total. The molecule has 0 bridgehead atoms. The standard InChI is InChI=1S/C58H37N3/c1-3-14-38(15-4-1)41-18-13-21-45(32-41)60-56-31-28-43(42-27-30-55-49(34-42)47-22-9-11-24-53(47)59(55)44-19-5-2-6-20-44)35-50(56)52-36-51-48-23-10-12-25-54(48)61(57(51)37-58(52)60)46-29-26-39-16-7-8-17-40(39)33-46/h1-37H. The van der Waals surface area contributed by atoms with Gasteiger partial charge in [0.15, 0.2) is 0 Å². The molecule has 0 atom stereocenters. The predicted octanol–water partition coefficient (Wildman–Crippen LogP) is 15.5. The number of aromatic nitrogens is 3. The Balaban J connectivity index is 1.08. The SMILES string of the molecule is c1ccc(-c2cccc(-n3c4ccc(-c5ccc6c(c5)c5ccccc5n6-c5ccccc5)cc4c4cc5c6ccccc6n(-c6ccc7ccccc7c6)c5cc43)c2)cc1. The minimum absolute atomic E-state index is 1.14. The maximum Gasteiger partial charge on any atom is 0.0562 e. The first-order chi connectivity index (χ1) is 30.2. The summed E-state index contributed by atoms with van der Waals surface area (Å²) in [7, 11) is 0. The van der Waals surface area contributed by atoms with Gasteiger partial charge in [0.25, 0.3) is 0 Å². The summed E-state index contributed by atoms with van der Waals surface area (Å²) in [4.78, 5) is 0. The highest BCUT2D eigenvalue weighted by atomic mass is 15.0. The molecule has 0 fully saturated rings. The molecule has 13 rings (SSSR count). The first kappa shape index (κ1) is 33.8. The Bertz CT molecular complexity index is 3860. The van der Waals surface area contributed by atoms with Crippen LogP contribution in [0.3, 0.4) is 0 Å². The molecular weight excluding hydrogens is 739 g/mol. The summed E-state index contributed by atoms with van der Waals surface area (Å²) in [5.41, 5.74) is 15.4. The molecule has 3 heteroatoms. The molecule has 0 saturated carbocycles. The van der Waals surface area contributed by atoms with E-state index in [1.165, 1.54) is 104 Å². The Kier molecular flexibility index (Phi) is 7.31. The summed E-state index contributed by atoms with van der Waals surface area (Å²) in [6, 6.07) is 82.3. The zero-order valence-electron chi connectivity index (χ0n) is 33.2. The second-order valence-electron chi connectivity index (χ2n) is 16.2. The van der Waals surface area contributed by atoms with Crippen molar-refractivity contribution in [1.29, 1.82) is 0 Å². The highest BCUT2D eigenvalue weighted by molar-refractivity contribution is 6.20. The molecule has 0 spiro atoms. The average Bonchev–Trinajstić information content (AvgIpc) is 3.96. The van der Waals surface area contributed by atoms with Crippen LogP contribution in [0.15, 0.2) is 224 Å². The van der Waals surface area contributed by atoms with Gasteiger partial charge in [0, 0.05) is 49.4 Å². The van der Waals surface area contributed by atoms with Gasteiger partial charge in [-0.15, -0.1) is 0 Å². The van der Waals surface area contributed by atoms with Crippen molar-refractivity contribution in [3.8, 4) is 39.3 Å². The van der Waals surface area contributed by atoms with Gasteiger partial charge in [-0.3, -0.25) is 0 Å². The molecular formula is C58H37N3.